The van der Waals surface area contributed by atoms with E-state index in [2.05, 4.69) is 0 Å². The third-order valence-corrected chi connectivity index (χ3v) is 2.64. The van der Waals surface area contributed by atoms with Crippen LogP contribution in [0.25, 0.3) is 0 Å². The van der Waals surface area contributed by atoms with Gasteiger partial charge in [0, 0.05) is 4.90 Å². The summed E-state index contributed by atoms with van der Waals surface area (Å²) in [5, 5.41) is 0. The zero-order chi connectivity index (χ0) is 9.68. The van der Waals surface area contributed by atoms with Crippen LogP contribution in [-0.4, -0.2) is 12.8 Å². The molecule has 0 unspecified atom stereocenters. The van der Waals surface area contributed by atoms with Crippen molar-refractivity contribution in [1.82, 2.24) is 0 Å². The first-order valence-corrected chi connectivity index (χ1v) is 5.53. The van der Waals surface area contributed by atoms with Gasteiger partial charge in [0.2, 0.25) is 0 Å². The van der Waals surface area contributed by atoms with E-state index in [0.29, 0.717) is 6.54 Å². The average Bonchev–Trinajstić information content (AvgIpc) is 2.16. The number of hydrogen-bond acceptors (Lipinski definition) is 2. The molecule has 0 spiro atoms. The van der Waals surface area contributed by atoms with E-state index in [4.69, 9.17) is 5.73 Å². The van der Waals surface area contributed by atoms with Crippen molar-refractivity contribution in [2.45, 2.75) is 17.7 Å². The fraction of sp³-hybridized carbons (Fsp3) is 0.400. The van der Waals surface area contributed by atoms with Crippen molar-refractivity contribution >= 4 is 11.8 Å². The Balaban J connectivity index is 2.74. The molecule has 0 atom stereocenters. The standard InChI is InChI=1S/C10H14FNS/c1-13-10-7-8(3-2-6-12)4-5-9(10)11/h4-5,7H,2-3,6,12H2,1H3. The molecule has 1 aromatic rings. The lowest BCUT2D eigenvalue weighted by molar-refractivity contribution is 0.600. The Hall–Kier alpha value is -0.540. The summed E-state index contributed by atoms with van der Waals surface area (Å²) in [6, 6.07) is 5.25. The van der Waals surface area contributed by atoms with Crippen molar-refractivity contribution in [2.24, 2.45) is 5.73 Å². The van der Waals surface area contributed by atoms with E-state index in [0.717, 1.165) is 23.3 Å². The molecule has 72 valence electrons. The zero-order valence-corrected chi connectivity index (χ0v) is 8.53. The Morgan fingerprint density at radius 2 is 2.23 bits per heavy atom. The van der Waals surface area contributed by atoms with Gasteiger partial charge in [0.15, 0.2) is 0 Å². The maximum Gasteiger partial charge on any atom is 0.136 e. The molecule has 3 heteroatoms. The fourth-order valence-electron chi connectivity index (χ4n) is 1.17. The second kappa shape index (κ2) is 5.25. The van der Waals surface area contributed by atoms with Gasteiger partial charge in [0.1, 0.15) is 5.82 Å². The van der Waals surface area contributed by atoms with Crippen LogP contribution in [0.3, 0.4) is 0 Å². The average molecular weight is 199 g/mol. The lowest BCUT2D eigenvalue weighted by atomic mass is 10.1. The van der Waals surface area contributed by atoms with E-state index in [-0.39, 0.29) is 5.82 Å². The molecular formula is C10H14FNS. The first-order chi connectivity index (χ1) is 6.27. The normalized spacial score (nSPS) is 10.4. The molecule has 13 heavy (non-hydrogen) atoms. The molecule has 1 rings (SSSR count). The summed E-state index contributed by atoms with van der Waals surface area (Å²) in [5.41, 5.74) is 6.56. The third-order valence-electron chi connectivity index (χ3n) is 1.89. The van der Waals surface area contributed by atoms with Gasteiger partial charge in [-0.25, -0.2) is 4.39 Å². The van der Waals surface area contributed by atoms with Crippen molar-refractivity contribution in [1.29, 1.82) is 0 Å². The number of halogens is 1. The van der Waals surface area contributed by atoms with Gasteiger partial charge >= 0.3 is 0 Å². The molecule has 0 saturated heterocycles. The molecule has 2 N–H and O–H groups in total. The van der Waals surface area contributed by atoms with Gasteiger partial charge in [-0.15, -0.1) is 11.8 Å². The quantitative estimate of drug-likeness (QED) is 0.754. The number of rotatable bonds is 4. The lowest BCUT2D eigenvalue weighted by Crippen LogP contribution is -2.00. The van der Waals surface area contributed by atoms with Crippen LogP contribution in [0.5, 0.6) is 0 Å². The van der Waals surface area contributed by atoms with E-state index in [1.54, 1.807) is 0 Å². The van der Waals surface area contributed by atoms with Crippen LogP contribution in [0, 0.1) is 5.82 Å². The topological polar surface area (TPSA) is 26.0 Å². The molecule has 0 aliphatic rings. The summed E-state index contributed by atoms with van der Waals surface area (Å²) in [4.78, 5) is 0.717. The van der Waals surface area contributed by atoms with Gasteiger partial charge in [-0.05, 0) is 43.3 Å². The summed E-state index contributed by atoms with van der Waals surface area (Å²) in [6.07, 6.45) is 3.77. The number of thioether (sulfide) groups is 1. The lowest BCUT2D eigenvalue weighted by Gasteiger charge is -2.03. The molecule has 0 aromatic heterocycles. The fourth-order valence-corrected chi connectivity index (χ4v) is 1.70. The smallest absolute Gasteiger partial charge is 0.136 e. The van der Waals surface area contributed by atoms with Gasteiger partial charge in [0.05, 0.1) is 0 Å². The largest absolute Gasteiger partial charge is 0.330 e. The monoisotopic (exact) mass is 199 g/mol. The molecule has 0 heterocycles. The molecule has 1 aromatic carbocycles. The van der Waals surface area contributed by atoms with Gasteiger partial charge in [-0.3, -0.25) is 0 Å². The Morgan fingerprint density at radius 1 is 1.46 bits per heavy atom. The molecule has 0 aliphatic heterocycles. The summed E-state index contributed by atoms with van der Waals surface area (Å²) < 4.78 is 13.0. The van der Waals surface area contributed by atoms with Crippen LogP contribution in [0.15, 0.2) is 23.1 Å². The third kappa shape index (κ3) is 3.01. The number of benzene rings is 1. The van der Waals surface area contributed by atoms with Crippen molar-refractivity contribution in [2.75, 3.05) is 12.8 Å². The van der Waals surface area contributed by atoms with Gasteiger partial charge in [-0.2, -0.15) is 0 Å². The minimum atomic E-state index is -0.135. The predicted molar refractivity (Wildman–Crippen MR) is 55.6 cm³/mol. The first-order valence-electron chi connectivity index (χ1n) is 4.30. The SMILES string of the molecule is CSc1cc(CCCN)ccc1F. The van der Waals surface area contributed by atoms with Crippen molar-refractivity contribution in [3.63, 3.8) is 0 Å². The molecule has 0 radical (unpaired) electrons. The Kier molecular flexibility index (Phi) is 4.25. The number of nitrogens with two attached hydrogens (primary N) is 1. The number of aryl methyl sites for hydroxylation is 1. The molecule has 0 saturated carbocycles. The molecule has 0 bridgehead atoms. The Labute approximate surface area is 82.5 Å². The van der Waals surface area contributed by atoms with Gasteiger partial charge < -0.3 is 5.73 Å². The predicted octanol–water partition coefficient (Wildman–Crippen LogP) is 2.44. The highest BCUT2D eigenvalue weighted by atomic mass is 32.2. The zero-order valence-electron chi connectivity index (χ0n) is 7.72. The minimum absolute atomic E-state index is 0.135. The number of hydrogen-bond donors (Lipinski definition) is 1. The van der Waals surface area contributed by atoms with Crippen molar-refractivity contribution < 1.29 is 4.39 Å². The van der Waals surface area contributed by atoms with Crippen LogP contribution < -0.4 is 5.73 Å². The van der Waals surface area contributed by atoms with Crippen LogP contribution >= 0.6 is 11.8 Å². The van der Waals surface area contributed by atoms with Crippen LogP contribution in [0.1, 0.15) is 12.0 Å². The summed E-state index contributed by atoms with van der Waals surface area (Å²) >= 11 is 1.44. The Bertz CT molecular complexity index is 276. The van der Waals surface area contributed by atoms with Crippen LogP contribution in [-0.2, 0) is 6.42 Å². The highest BCUT2D eigenvalue weighted by Crippen LogP contribution is 2.20. The molecule has 1 nitrogen and oxygen atoms in total. The second-order valence-corrected chi connectivity index (χ2v) is 3.71. The van der Waals surface area contributed by atoms with E-state index in [1.165, 1.54) is 17.8 Å². The minimum Gasteiger partial charge on any atom is -0.330 e. The second-order valence-electron chi connectivity index (χ2n) is 2.86. The molecule has 0 amide bonds. The van der Waals surface area contributed by atoms with E-state index in [1.807, 2.05) is 18.4 Å². The van der Waals surface area contributed by atoms with Gasteiger partial charge in [-0.1, -0.05) is 6.07 Å². The van der Waals surface area contributed by atoms with E-state index < -0.39 is 0 Å². The maximum absolute atomic E-state index is 13.0. The highest BCUT2D eigenvalue weighted by Gasteiger charge is 2.01. The summed E-state index contributed by atoms with van der Waals surface area (Å²) in [5.74, 6) is -0.135. The summed E-state index contributed by atoms with van der Waals surface area (Å²) in [7, 11) is 0. The highest BCUT2D eigenvalue weighted by molar-refractivity contribution is 7.98. The van der Waals surface area contributed by atoms with Crippen molar-refractivity contribution in [3.05, 3.63) is 29.6 Å². The Morgan fingerprint density at radius 3 is 2.85 bits per heavy atom. The first kappa shape index (κ1) is 10.5. The maximum atomic E-state index is 13.0. The van der Waals surface area contributed by atoms with Crippen molar-refractivity contribution in [3.8, 4) is 0 Å². The van der Waals surface area contributed by atoms with Gasteiger partial charge in [0.25, 0.3) is 0 Å². The van der Waals surface area contributed by atoms with E-state index >= 15 is 0 Å². The van der Waals surface area contributed by atoms with E-state index in [9.17, 15) is 4.39 Å². The molecule has 0 aliphatic carbocycles. The van der Waals surface area contributed by atoms with Crippen LogP contribution in [0.4, 0.5) is 4.39 Å². The summed E-state index contributed by atoms with van der Waals surface area (Å²) in [6.45, 7) is 0.686. The molecule has 0 fully saturated rings. The van der Waals surface area contributed by atoms with Crippen LogP contribution in [0.2, 0.25) is 0 Å². The molecular weight excluding hydrogens is 185 g/mol.